The molecule has 20 heavy (non-hydrogen) atoms. The zero-order valence-electron chi connectivity index (χ0n) is 12.8. The Labute approximate surface area is 124 Å². The van der Waals surface area contributed by atoms with Crippen molar-refractivity contribution in [2.24, 2.45) is 0 Å². The molecular formula is C18H28O2. The predicted octanol–water partition coefficient (Wildman–Crippen LogP) is 4.78. The summed E-state index contributed by atoms with van der Waals surface area (Å²) in [7, 11) is 0. The van der Waals surface area contributed by atoms with Crippen LogP contribution in [-0.4, -0.2) is 11.1 Å². The molecule has 0 rings (SSSR count). The average molecular weight is 276 g/mol. The van der Waals surface area contributed by atoms with E-state index in [9.17, 15) is 4.79 Å². The lowest BCUT2D eigenvalue weighted by molar-refractivity contribution is -0.137. The second kappa shape index (κ2) is 15.6. The maximum atomic E-state index is 10.3. The van der Waals surface area contributed by atoms with Gasteiger partial charge >= 0.3 is 5.97 Å². The van der Waals surface area contributed by atoms with Gasteiger partial charge in [0.05, 0.1) is 0 Å². The van der Waals surface area contributed by atoms with Gasteiger partial charge in [0.25, 0.3) is 0 Å². The van der Waals surface area contributed by atoms with Gasteiger partial charge in [-0.2, -0.15) is 0 Å². The molecule has 2 nitrogen and oxygen atoms in total. The first kappa shape index (κ1) is 18.6. The fourth-order valence-corrected chi connectivity index (χ4v) is 1.80. The molecule has 0 aromatic carbocycles. The smallest absolute Gasteiger partial charge is 0.303 e. The first-order valence-electron chi connectivity index (χ1n) is 7.90. The third-order valence-corrected chi connectivity index (χ3v) is 2.97. The van der Waals surface area contributed by atoms with Crippen molar-refractivity contribution in [3.05, 3.63) is 0 Å². The molecule has 0 saturated heterocycles. The fraction of sp³-hybridized carbons (Fsp3) is 0.722. The summed E-state index contributed by atoms with van der Waals surface area (Å²) in [6.07, 6.45) is 12.1. The highest BCUT2D eigenvalue weighted by molar-refractivity contribution is 5.66. The Bertz CT molecular complexity index is 349. The Morgan fingerprint density at radius 2 is 1.25 bits per heavy atom. The first-order chi connectivity index (χ1) is 9.77. The van der Waals surface area contributed by atoms with Crippen molar-refractivity contribution < 1.29 is 9.90 Å². The van der Waals surface area contributed by atoms with Crippen LogP contribution in [0.4, 0.5) is 0 Å². The number of carbonyl (C=O) groups is 1. The molecule has 2 heteroatoms. The maximum absolute atomic E-state index is 10.3. The number of unbranched alkanes of at least 4 members (excludes halogenated alkanes) is 8. The highest BCUT2D eigenvalue weighted by atomic mass is 16.4. The Morgan fingerprint density at radius 1 is 0.750 bits per heavy atom. The van der Waals surface area contributed by atoms with Crippen molar-refractivity contribution in [2.45, 2.75) is 84.0 Å². The third-order valence-electron chi connectivity index (χ3n) is 2.97. The highest BCUT2D eigenvalue weighted by Crippen LogP contribution is 2.06. The minimum atomic E-state index is -0.743. The summed E-state index contributed by atoms with van der Waals surface area (Å²) in [5.74, 6) is 11.6. The van der Waals surface area contributed by atoms with Crippen molar-refractivity contribution >= 4 is 5.97 Å². The van der Waals surface area contributed by atoms with Gasteiger partial charge in [-0.3, -0.25) is 4.79 Å². The van der Waals surface area contributed by atoms with E-state index in [1.165, 1.54) is 38.5 Å². The Kier molecular flexibility index (Phi) is 14.5. The lowest BCUT2D eigenvalue weighted by Crippen LogP contribution is -1.92. The largest absolute Gasteiger partial charge is 0.481 e. The molecule has 1 N–H and O–H groups in total. The number of hydrogen-bond donors (Lipinski definition) is 1. The summed E-state index contributed by atoms with van der Waals surface area (Å²) in [6, 6.07) is 0. The summed E-state index contributed by atoms with van der Waals surface area (Å²) in [6.45, 7) is 2.24. The molecule has 0 atom stereocenters. The number of aliphatic carboxylic acids is 1. The highest BCUT2D eigenvalue weighted by Gasteiger charge is 1.92. The van der Waals surface area contributed by atoms with Gasteiger partial charge in [0.2, 0.25) is 0 Å². The van der Waals surface area contributed by atoms with E-state index in [0.29, 0.717) is 12.8 Å². The van der Waals surface area contributed by atoms with E-state index in [-0.39, 0.29) is 6.42 Å². The molecule has 0 aliphatic heterocycles. The van der Waals surface area contributed by atoms with Crippen LogP contribution in [0.25, 0.3) is 0 Å². The lowest BCUT2D eigenvalue weighted by Gasteiger charge is -1.96. The third kappa shape index (κ3) is 16.6. The van der Waals surface area contributed by atoms with Crippen molar-refractivity contribution in [2.75, 3.05) is 0 Å². The van der Waals surface area contributed by atoms with Gasteiger partial charge in [0.1, 0.15) is 0 Å². The molecule has 0 aliphatic carbocycles. The minimum Gasteiger partial charge on any atom is -0.481 e. The van der Waals surface area contributed by atoms with E-state index >= 15 is 0 Å². The molecule has 0 spiro atoms. The van der Waals surface area contributed by atoms with E-state index in [4.69, 9.17) is 5.11 Å². The maximum Gasteiger partial charge on any atom is 0.303 e. The number of hydrogen-bond acceptors (Lipinski definition) is 1. The normalized spacial score (nSPS) is 9.25. The molecule has 0 amide bonds. The quantitative estimate of drug-likeness (QED) is 0.460. The Morgan fingerprint density at radius 3 is 1.85 bits per heavy atom. The second-order valence-corrected chi connectivity index (χ2v) is 4.97. The number of carboxylic acids is 1. The van der Waals surface area contributed by atoms with Crippen LogP contribution < -0.4 is 0 Å². The summed E-state index contributed by atoms with van der Waals surface area (Å²) in [5, 5.41) is 8.45. The standard InChI is InChI=1S/C18H28O2/c1-2-3-4-5-6-7-8-9-10-11-12-13-14-15-16-17-18(19)20/h2-8,11-12,15-17H2,1H3,(H,19,20). The molecule has 0 aromatic heterocycles. The van der Waals surface area contributed by atoms with Crippen LogP contribution in [0.2, 0.25) is 0 Å². The van der Waals surface area contributed by atoms with Crippen molar-refractivity contribution in [1.82, 2.24) is 0 Å². The van der Waals surface area contributed by atoms with E-state index in [1.807, 2.05) is 0 Å². The van der Waals surface area contributed by atoms with Crippen LogP contribution in [0.5, 0.6) is 0 Å². The van der Waals surface area contributed by atoms with E-state index in [1.54, 1.807) is 0 Å². The van der Waals surface area contributed by atoms with Crippen LogP contribution >= 0.6 is 0 Å². The zero-order valence-corrected chi connectivity index (χ0v) is 12.8. The summed E-state index contributed by atoms with van der Waals surface area (Å²) in [4.78, 5) is 10.3. The monoisotopic (exact) mass is 276 g/mol. The zero-order chi connectivity index (χ0) is 14.9. The molecule has 0 saturated carbocycles. The van der Waals surface area contributed by atoms with Gasteiger partial charge in [-0.05, 0) is 12.8 Å². The predicted molar refractivity (Wildman–Crippen MR) is 84.3 cm³/mol. The van der Waals surface area contributed by atoms with Gasteiger partial charge in [-0.15, -0.1) is 23.7 Å². The molecule has 0 radical (unpaired) electrons. The van der Waals surface area contributed by atoms with Gasteiger partial charge < -0.3 is 5.11 Å². The lowest BCUT2D eigenvalue weighted by atomic mass is 10.1. The molecule has 0 unspecified atom stereocenters. The molecule has 0 bridgehead atoms. The van der Waals surface area contributed by atoms with Crippen molar-refractivity contribution in [3.63, 3.8) is 0 Å². The number of rotatable bonds is 10. The van der Waals surface area contributed by atoms with E-state index < -0.39 is 5.97 Å². The molecule has 0 fully saturated rings. The van der Waals surface area contributed by atoms with Crippen molar-refractivity contribution in [3.8, 4) is 23.7 Å². The summed E-state index contributed by atoms with van der Waals surface area (Å²) >= 11 is 0. The van der Waals surface area contributed by atoms with E-state index in [2.05, 4.69) is 30.6 Å². The molecule has 112 valence electrons. The van der Waals surface area contributed by atoms with Crippen LogP contribution in [0.3, 0.4) is 0 Å². The van der Waals surface area contributed by atoms with Gasteiger partial charge in [-0.25, -0.2) is 0 Å². The topological polar surface area (TPSA) is 37.3 Å². The Balaban J connectivity index is 3.28. The molecule has 0 aliphatic rings. The Hall–Kier alpha value is -1.41. The van der Waals surface area contributed by atoms with E-state index in [0.717, 1.165) is 19.3 Å². The average Bonchev–Trinajstić information content (AvgIpc) is 2.43. The SMILES string of the molecule is CCCCCCCCC#CCCC#CCCCC(=O)O. The fourth-order valence-electron chi connectivity index (χ4n) is 1.80. The second-order valence-electron chi connectivity index (χ2n) is 4.97. The molecule has 0 aromatic rings. The van der Waals surface area contributed by atoms with Crippen molar-refractivity contribution in [1.29, 1.82) is 0 Å². The number of carboxylic acid groups (broad SMARTS) is 1. The summed E-state index contributed by atoms with van der Waals surface area (Å²) < 4.78 is 0. The first-order valence-corrected chi connectivity index (χ1v) is 7.90. The van der Waals surface area contributed by atoms with Gasteiger partial charge in [-0.1, -0.05) is 39.0 Å². The van der Waals surface area contributed by atoms with Gasteiger partial charge in [0.15, 0.2) is 0 Å². The molecule has 0 heterocycles. The van der Waals surface area contributed by atoms with Crippen LogP contribution in [-0.2, 0) is 4.79 Å². The minimum absolute atomic E-state index is 0.215. The van der Waals surface area contributed by atoms with Crippen LogP contribution in [0.15, 0.2) is 0 Å². The van der Waals surface area contributed by atoms with Crippen LogP contribution in [0.1, 0.15) is 84.0 Å². The van der Waals surface area contributed by atoms with Crippen LogP contribution in [0, 0.1) is 23.7 Å². The summed E-state index contributed by atoms with van der Waals surface area (Å²) in [5.41, 5.74) is 0. The molecular weight excluding hydrogens is 248 g/mol. The van der Waals surface area contributed by atoms with Gasteiger partial charge in [0, 0.05) is 32.1 Å².